The van der Waals surface area contributed by atoms with E-state index < -0.39 is 11.7 Å². The maximum atomic E-state index is 12.5. The number of anilines is 1. The van der Waals surface area contributed by atoms with Crippen molar-refractivity contribution in [2.24, 2.45) is 0 Å². The second-order valence-electron chi connectivity index (χ2n) is 3.79. The van der Waals surface area contributed by atoms with Gasteiger partial charge in [-0.05, 0) is 18.2 Å². The van der Waals surface area contributed by atoms with E-state index in [2.05, 4.69) is 5.32 Å². The lowest BCUT2D eigenvalue weighted by Crippen LogP contribution is -2.43. The highest BCUT2D eigenvalue weighted by Gasteiger charge is 2.30. The molecule has 1 N–H and O–H groups in total. The van der Waals surface area contributed by atoms with E-state index in [1.807, 2.05) is 4.90 Å². The Balaban J connectivity index is 0.00000144. The summed E-state index contributed by atoms with van der Waals surface area (Å²) in [6, 6.07) is 5.50. The van der Waals surface area contributed by atoms with Crippen molar-refractivity contribution in [3.8, 4) is 0 Å². The van der Waals surface area contributed by atoms with Crippen LogP contribution in [0.2, 0.25) is 0 Å². The van der Waals surface area contributed by atoms with Crippen molar-refractivity contribution >= 4 is 39.7 Å². The van der Waals surface area contributed by atoms with E-state index in [-0.39, 0.29) is 34.0 Å². The van der Waals surface area contributed by atoms with Gasteiger partial charge in [-0.3, -0.25) is 0 Å². The van der Waals surface area contributed by atoms with Crippen LogP contribution >= 0.6 is 34.0 Å². The van der Waals surface area contributed by atoms with E-state index in [9.17, 15) is 13.2 Å². The molecule has 2 nitrogen and oxygen atoms in total. The van der Waals surface area contributed by atoms with Crippen molar-refractivity contribution in [2.75, 3.05) is 31.1 Å². The smallest absolute Gasteiger partial charge is 0.369 e. The molecule has 1 fully saturated rings. The Morgan fingerprint density at radius 3 is 2.22 bits per heavy atom. The average Bonchev–Trinajstić information content (AvgIpc) is 2.29. The van der Waals surface area contributed by atoms with Crippen LogP contribution in [0.4, 0.5) is 18.9 Å². The summed E-state index contributed by atoms with van der Waals surface area (Å²) in [7, 11) is 0. The van der Waals surface area contributed by atoms with Crippen LogP contribution in [0.1, 0.15) is 5.56 Å². The van der Waals surface area contributed by atoms with E-state index >= 15 is 0 Å². The number of hydrogen-bond acceptors (Lipinski definition) is 2. The van der Waals surface area contributed by atoms with Crippen LogP contribution in [0, 0.1) is 0 Å². The van der Waals surface area contributed by atoms with E-state index in [0.29, 0.717) is 5.69 Å². The van der Waals surface area contributed by atoms with Crippen LogP contribution in [-0.4, -0.2) is 26.2 Å². The highest BCUT2D eigenvalue weighted by molar-refractivity contribution is 8.93. The zero-order chi connectivity index (χ0) is 11.6. The van der Waals surface area contributed by atoms with Gasteiger partial charge in [0.2, 0.25) is 0 Å². The first-order valence-corrected chi connectivity index (χ1v) is 5.20. The second-order valence-corrected chi connectivity index (χ2v) is 3.79. The molecule has 104 valence electrons. The van der Waals surface area contributed by atoms with Crippen molar-refractivity contribution in [1.29, 1.82) is 0 Å². The Morgan fingerprint density at radius 1 is 1.06 bits per heavy atom. The Morgan fingerprint density at radius 2 is 1.67 bits per heavy atom. The molecule has 0 aromatic heterocycles. The molecule has 1 heterocycles. The fourth-order valence-corrected chi connectivity index (χ4v) is 1.80. The molecule has 7 heteroatoms. The number of piperazine rings is 1. The predicted molar refractivity (Wildman–Crippen MR) is 77.2 cm³/mol. The van der Waals surface area contributed by atoms with Crippen LogP contribution in [-0.2, 0) is 6.18 Å². The molecule has 0 spiro atoms. The Kier molecular flexibility index (Phi) is 7.24. The molecule has 0 aliphatic carbocycles. The van der Waals surface area contributed by atoms with Gasteiger partial charge in [-0.25, -0.2) is 0 Å². The summed E-state index contributed by atoms with van der Waals surface area (Å²) in [5, 5.41) is 3.17. The van der Waals surface area contributed by atoms with E-state index in [1.165, 1.54) is 12.1 Å². The molecular weight excluding hydrogens is 377 g/mol. The van der Waals surface area contributed by atoms with Crippen molar-refractivity contribution in [3.63, 3.8) is 0 Å². The molecular formula is C11H15Br2F3N2. The molecule has 0 atom stereocenters. The number of nitrogens with one attached hydrogen (secondary N) is 1. The summed E-state index contributed by atoms with van der Waals surface area (Å²) in [4.78, 5) is 1.96. The van der Waals surface area contributed by atoms with Crippen molar-refractivity contribution in [1.82, 2.24) is 5.32 Å². The number of rotatable bonds is 1. The number of halogens is 5. The van der Waals surface area contributed by atoms with Crippen molar-refractivity contribution in [2.45, 2.75) is 6.18 Å². The molecule has 0 radical (unpaired) electrons. The number of nitrogens with zero attached hydrogens (tertiary/aromatic N) is 1. The first-order valence-electron chi connectivity index (χ1n) is 5.20. The molecule has 0 amide bonds. The summed E-state index contributed by atoms with van der Waals surface area (Å²) in [6.45, 7) is 3.13. The molecule has 1 aromatic carbocycles. The minimum absolute atomic E-state index is 0. The molecule has 2 rings (SSSR count). The lowest BCUT2D eigenvalue weighted by molar-refractivity contribution is -0.137. The summed E-state index contributed by atoms with van der Waals surface area (Å²) >= 11 is 0. The van der Waals surface area contributed by atoms with Gasteiger partial charge < -0.3 is 10.2 Å². The lowest BCUT2D eigenvalue weighted by Gasteiger charge is -2.29. The Labute approximate surface area is 125 Å². The Hall–Kier alpha value is -0.270. The van der Waals surface area contributed by atoms with E-state index in [4.69, 9.17) is 0 Å². The third-order valence-corrected chi connectivity index (χ3v) is 2.66. The first kappa shape index (κ1) is 17.7. The minimum Gasteiger partial charge on any atom is -0.369 e. The SMILES string of the molecule is Br.Br.FC(F)(F)c1cccc(N2CCNCC2)c1. The normalized spacial score (nSPS) is 15.6. The van der Waals surface area contributed by atoms with Gasteiger partial charge in [-0.1, -0.05) is 6.07 Å². The summed E-state index contributed by atoms with van der Waals surface area (Å²) in [6.07, 6.45) is -4.26. The zero-order valence-electron chi connectivity index (χ0n) is 9.54. The predicted octanol–water partition coefficient (Wildman–Crippen LogP) is 3.27. The van der Waals surface area contributed by atoms with Crippen LogP contribution in [0.3, 0.4) is 0 Å². The van der Waals surface area contributed by atoms with Crippen LogP contribution in [0.15, 0.2) is 24.3 Å². The standard InChI is InChI=1S/C11H13F3N2.2BrH/c12-11(13,14)9-2-1-3-10(8-9)16-6-4-15-5-7-16;;/h1-3,8,15H,4-7H2;2*1H. The summed E-state index contributed by atoms with van der Waals surface area (Å²) < 4.78 is 37.5. The van der Waals surface area contributed by atoms with Gasteiger partial charge in [0.25, 0.3) is 0 Å². The molecule has 1 aliphatic heterocycles. The third kappa shape index (κ3) is 4.44. The maximum Gasteiger partial charge on any atom is 0.416 e. The first-order chi connectivity index (χ1) is 7.57. The van der Waals surface area contributed by atoms with Gasteiger partial charge in [0, 0.05) is 31.9 Å². The number of alkyl halides is 3. The molecule has 1 aliphatic rings. The highest BCUT2D eigenvalue weighted by Crippen LogP contribution is 2.31. The molecule has 0 saturated carbocycles. The maximum absolute atomic E-state index is 12.5. The van der Waals surface area contributed by atoms with Crippen molar-refractivity contribution < 1.29 is 13.2 Å². The summed E-state index contributed by atoms with van der Waals surface area (Å²) in [5.41, 5.74) is 0.0693. The van der Waals surface area contributed by atoms with Gasteiger partial charge in [0.1, 0.15) is 0 Å². The molecule has 0 unspecified atom stereocenters. The van der Waals surface area contributed by atoms with Crippen LogP contribution < -0.4 is 10.2 Å². The van der Waals surface area contributed by atoms with E-state index in [1.54, 1.807) is 6.07 Å². The third-order valence-electron chi connectivity index (χ3n) is 2.66. The van der Waals surface area contributed by atoms with Gasteiger partial charge in [-0.2, -0.15) is 13.2 Å². The van der Waals surface area contributed by atoms with Crippen LogP contribution in [0.5, 0.6) is 0 Å². The van der Waals surface area contributed by atoms with Crippen LogP contribution in [0.25, 0.3) is 0 Å². The van der Waals surface area contributed by atoms with Gasteiger partial charge >= 0.3 is 6.18 Å². The molecule has 1 aromatic rings. The lowest BCUT2D eigenvalue weighted by atomic mass is 10.1. The quantitative estimate of drug-likeness (QED) is 0.790. The number of benzene rings is 1. The van der Waals surface area contributed by atoms with Crippen molar-refractivity contribution in [3.05, 3.63) is 29.8 Å². The van der Waals surface area contributed by atoms with Gasteiger partial charge in [0.05, 0.1) is 5.56 Å². The molecule has 0 bridgehead atoms. The second kappa shape index (κ2) is 7.35. The number of hydrogen-bond donors (Lipinski definition) is 1. The monoisotopic (exact) mass is 390 g/mol. The topological polar surface area (TPSA) is 15.3 Å². The fraction of sp³-hybridized carbons (Fsp3) is 0.455. The minimum atomic E-state index is -4.26. The molecule has 18 heavy (non-hydrogen) atoms. The molecule has 1 saturated heterocycles. The average molecular weight is 392 g/mol. The summed E-state index contributed by atoms with van der Waals surface area (Å²) in [5.74, 6) is 0. The Bertz CT molecular complexity index is 366. The largest absolute Gasteiger partial charge is 0.416 e. The van der Waals surface area contributed by atoms with Gasteiger partial charge in [0.15, 0.2) is 0 Å². The van der Waals surface area contributed by atoms with Gasteiger partial charge in [-0.15, -0.1) is 34.0 Å². The highest BCUT2D eigenvalue weighted by atomic mass is 79.9. The fourth-order valence-electron chi connectivity index (χ4n) is 1.80. The zero-order valence-corrected chi connectivity index (χ0v) is 13.0. The van der Waals surface area contributed by atoms with E-state index in [0.717, 1.165) is 32.2 Å².